The van der Waals surface area contributed by atoms with Crippen molar-refractivity contribution in [3.8, 4) is 0 Å². The predicted octanol–water partition coefficient (Wildman–Crippen LogP) is 0.174. The molecule has 2 N–H and O–H groups in total. The van der Waals surface area contributed by atoms with E-state index in [4.69, 9.17) is 5.11 Å². The topological polar surface area (TPSA) is 118 Å². The molecule has 2 aromatic rings. The van der Waals surface area contributed by atoms with E-state index in [1.807, 2.05) is 0 Å². The Labute approximate surface area is 160 Å². The smallest absolute Gasteiger partial charge is 0.262 e. The lowest BCUT2D eigenvalue weighted by Gasteiger charge is -2.14. The number of nitrogens with one attached hydrogen (secondary N) is 1. The van der Waals surface area contributed by atoms with Crippen LogP contribution >= 0.6 is 11.8 Å². The molecular formula is C17H21N3O5S2. The Hall–Kier alpha value is -1.91. The van der Waals surface area contributed by atoms with Gasteiger partial charge in [0.1, 0.15) is 0 Å². The Kier molecular flexibility index (Phi) is 6.18. The third-order valence-corrected chi connectivity index (χ3v) is 7.04. The maximum atomic E-state index is 12.7. The lowest BCUT2D eigenvalue weighted by molar-refractivity contribution is -0.119. The fraction of sp³-hybridized carbons (Fsp3) is 0.471. The van der Waals surface area contributed by atoms with Gasteiger partial charge in [-0.15, -0.1) is 0 Å². The van der Waals surface area contributed by atoms with Gasteiger partial charge in [0.05, 0.1) is 28.2 Å². The Morgan fingerprint density at radius 3 is 2.85 bits per heavy atom. The third kappa shape index (κ3) is 4.88. The zero-order valence-corrected chi connectivity index (χ0v) is 16.3. The number of rotatable bonds is 7. The molecule has 0 bridgehead atoms. The average molecular weight is 412 g/mol. The van der Waals surface area contributed by atoms with Gasteiger partial charge in [0.15, 0.2) is 15.0 Å². The van der Waals surface area contributed by atoms with Crippen LogP contribution in [0, 0.1) is 0 Å². The van der Waals surface area contributed by atoms with Gasteiger partial charge >= 0.3 is 0 Å². The number of fused-ring (bicyclic) bond motifs is 1. The number of carbonyl (C=O) groups excluding carboxylic acids is 1. The van der Waals surface area contributed by atoms with Crippen LogP contribution in [0.1, 0.15) is 12.8 Å². The molecule has 1 amide bonds. The number of sulfone groups is 1. The average Bonchev–Trinajstić information content (AvgIpc) is 2.97. The molecule has 2 heterocycles. The second-order valence-electron chi connectivity index (χ2n) is 6.40. The number of benzene rings is 1. The monoisotopic (exact) mass is 411 g/mol. The minimum atomic E-state index is -3.06. The maximum Gasteiger partial charge on any atom is 0.262 e. The Bertz CT molecular complexity index is 1000. The number of hydrogen-bond acceptors (Lipinski definition) is 7. The summed E-state index contributed by atoms with van der Waals surface area (Å²) < 4.78 is 24.4. The predicted molar refractivity (Wildman–Crippen MR) is 104 cm³/mol. The van der Waals surface area contributed by atoms with E-state index in [1.165, 1.54) is 4.57 Å². The van der Waals surface area contributed by atoms with Gasteiger partial charge in [0, 0.05) is 19.2 Å². The van der Waals surface area contributed by atoms with Gasteiger partial charge < -0.3 is 10.4 Å². The van der Waals surface area contributed by atoms with Crippen molar-refractivity contribution in [2.75, 3.05) is 23.9 Å². The van der Waals surface area contributed by atoms with Gasteiger partial charge in [-0.3, -0.25) is 14.2 Å². The molecule has 1 aromatic heterocycles. The summed E-state index contributed by atoms with van der Waals surface area (Å²) >= 11 is 1.13. The summed E-state index contributed by atoms with van der Waals surface area (Å²) in [6.07, 6.45) is 0.827. The summed E-state index contributed by atoms with van der Waals surface area (Å²) in [4.78, 5) is 29.4. The first-order valence-corrected chi connectivity index (χ1v) is 11.4. The molecule has 3 rings (SSSR count). The zero-order valence-electron chi connectivity index (χ0n) is 14.6. The van der Waals surface area contributed by atoms with E-state index >= 15 is 0 Å². The minimum Gasteiger partial charge on any atom is -0.396 e. The summed E-state index contributed by atoms with van der Waals surface area (Å²) in [6, 6.07) is 6.62. The number of aliphatic hydroxyl groups is 1. The van der Waals surface area contributed by atoms with Crippen molar-refractivity contribution >= 4 is 38.4 Å². The van der Waals surface area contributed by atoms with Crippen molar-refractivity contribution in [3.05, 3.63) is 34.6 Å². The molecule has 10 heteroatoms. The second-order valence-corrected chi connectivity index (χ2v) is 9.57. The van der Waals surface area contributed by atoms with Crippen molar-refractivity contribution < 1.29 is 18.3 Å². The molecule has 27 heavy (non-hydrogen) atoms. The fourth-order valence-electron chi connectivity index (χ4n) is 2.99. The van der Waals surface area contributed by atoms with Crippen LogP contribution in [-0.2, 0) is 21.2 Å². The van der Waals surface area contributed by atoms with Crippen LogP contribution in [0.2, 0.25) is 0 Å². The standard InChI is InChI=1S/C17H21N3O5S2/c21-8-3-7-20-16(23)13-4-1-2-5-14(13)19-17(20)26-10-15(22)18-12-6-9-27(24,25)11-12/h1-2,4-5,12,21H,3,6-11H2,(H,18,22)/t12-/m1/s1. The van der Waals surface area contributed by atoms with E-state index < -0.39 is 9.84 Å². The first-order valence-electron chi connectivity index (χ1n) is 8.62. The molecule has 146 valence electrons. The van der Waals surface area contributed by atoms with Crippen LogP contribution in [0.5, 0.6) is 0 Å². The summed E-state index contributed by atoms with van der Waals surface area (Å²) in [5.74, 6) is -0.199. The Morgan fingerprint density at radius 2 is 2.15 bits per heavy atom. The summed E-state index contributed by atoms with van der Waals surface area (Å²) in [5, 5.41) is 12.7. The quantitative estimate of drug-likeness (QED) is 0.493. The summed E-state index contributed by atoms with van der Waals surface area (Å²) in [7, 11) is -3.06. The molecule has 0 saturated carbocycles. The first-order chi connectivity index (χ1) is 12.9. The third-order valence-electron chi connectivity index (χ3n) is 4.30. The van der Waals surface area contributed by atoms with Gasteiger partial charge in [-0.1, -0.05) is 23.9 Å². The number of hydrogen-bond donors (Lipinski definition) is 2. The zero-order chi connectivity index (χ0) is 19.4. The van der Waals surface area contributed by atoms with Crippen molar-refractivity contribution in [1.82, 2.24) is 14.9 Å². The van der Waals surface area contributed by atoms with Crippen molar-refractivity contribution in [1.29, 1.82) is 0 Å². The van der Waals surface area contributed by atoms with Crippen LogP contribution < -0.4 is 10.9 Å². The highest BCUT2D eigenvalue weighted by Gasteiger charge is 2.28. The molecule has 1 fully saturated rings. The van der Waals surface area contributed by atoms with E-state index in [0.717, 1.165) is 11.8 Å². The number of para-hydroxylation sites is 1. The summed E-state index contributed by atoms with van der Waals surface area (Å²) in [6.45, 7) is 0.248. The SMILES string of the molecule is O=C(CSc1nc2ccccc2c(=O)n1CCCO)N[C@@H]1CCS(=O)(=O)C1. The van der Waals surface area contributed by atoms with Crippen molar-refractivity contribution in [3.63, 3.8) is 0 Å². The van der Waals surface area contributed by atoms with Crippen molar-refractivity contribution in [2.24, 2.45) is 0 Å². The van der Waals surface area contributed by atoms with E-state index in [0.29, 0.717) is 35.4 Å². The van der Waals surface area contributed by atoms with Gasteiger partial charge in [0.2, 0.25) is 5.91 Å². The fourth-order valence-corrected chi connectivity index (χ4v) is 5.50. The highest BCUT2D eigenvalue weighted by molar-refractivity contribution is 7.99. The molecule has 0 radical (unpaired) electrons. The molecule has 1 aromatic carbocycles. The molecule has 8 nitrogen and oxygen atoms in total. The normalized spacial score (nSPS) is 18.6. The first kappa shape index (κ1) is 19.8. The molecule has 0 unspecified atom stereocenters. The van der Waals surface area contributed by atoms with E-state index in [-0.39, 0.29) is 41.4 Å². The molecule has 1 aliphatic rings. The van der Waals surface area contributed by atoms with Gasteiger partial charge in [-0.25, -0.2) is 13.4 Å². The minimum absolute atomic E-state index is 0.0282. The Balaban J connectivity index is 1.75. The van der Waals surface area contributed by atoms with Crippen LogP contribution in [0.15, 0.2) is 34.2 Å². The van der Waals surface area contributed by atoms with Crippen LogP contribution in [0.3, 0.4) is 0 Å². The lowest BCUT2D eigenvalue weighted by Crippen LogP contribution is -2.36. The molecule has 0 spiro atoms. The van der Waals surface area contributed by atoms with Gasteiger partial charge in [-0.05, 0) is 25.0 Å². The Morgan fingerprint density at radius 1 is 1.37 bits per heavy atom. The van der Waals surface area contributed by atoms with E-state index in [9.17, 15) is 18.0 Å². The lowest BCUT2D eigenvalue weighted by atomic mass is 10.2. The number of aromatic nitrogens is 2. The molecular weight excluding hydrogens is 390 g/mol. The molecule has 0 aliphatic carbocycles. The number of carbonyl (C=O) groups is 1. The van der Waals surface area contributed by atoms with Crippen LogP contribution in [0.4, 0.5) is 0 Å². The molecule has 1 atom stereocenters. The van der Waals surface area contributed by atoms with E-state index in [2.05, 4.69) is 10.3 Å². The van der Waals surface area contributed by atoms with E-state index in [1.54, 1.807) is 24.3 Å². The number of thioether (sulfide) groups is 1. The largest absolute Gasteiger partial charge is 0.396 e. The van der Waals surface area contributed by atoms with Gasteiger partial charge in [0.25, 0.3) is 5.56 Å². The van der Waals surface area contributed by atoms with Crippen LogP contribution in [0.25, 0.3) is 10.9 Å². The highest BCUT2D eigenvalue weighted by atomic mass is 32.2. The summed E-state index contributed by atoms with van der Waals surface area (Å²) in [5.41, 5.74) is 0.339. The number of aliphatic hydroxyl groups excluding tert-OH is 1. The maximum absolute atomic E-state index is 12.7. The van der Waals surface area contributed by atoms with Crippen LogP contribution in [-0.4, -0.2) is 58.9 Å². The highest BCUT2D eigenvalue weighted by Crippen LogP contribution is 2.18. The number of amides is 1. The second kappa shape index (κ2) is 8.41. The van der Waals surface area contributed by atoms with Gasteiger partial charge in [-0.2, -0.15) is 0 Å². The molecule has 1 aliphatic heterocycles. The van der Waals surface area contributed by atoms with Crippen molar-refractivity contribution in [2.45, 2.75) is 30.6 Å². The number of nitrogens with zero attached hydrogens (tertiary/aromatic N) is 2. The molecule has 1 saturated heterocycles.